The number of amides is 2. The number of aryl methyl sites for hydroxylation is 1. The van der Waals surface area contributed by atoms with Crippen LogP contribution in [0.4, 0.5) is 11.4 Å². The van der Waals surface area contributed by atoms with Crippen molar-refractivity contribution in [3.05, 3.63) is 59.7 Å². The monoisotopic (exact) mass is 405 g/mol. The number of esters is 1. The highest BCUT2D eigenvalue weighted by Crippen LogP contribution is 2.26. The average Bonchev–Trinajstić information content (AvgIpc) is 3.15. The first kappa shape index (κ1) is 21.1. The summed E-state index contributed by atoms with van der Waals surface area (Å²) in [5, 5.41) is 11.3. The molecule has 1 atom stereocenters. The van der Waals surface area contributed by atoms with Gasteiger partial charge < -0.3 is 15.0 Å². The van der Waals surface area contributed by atoms with E-state index in [9.17, 15) is 14.4 Å². The highest BCUT2D eigenvalue weighted by Gasteiger charge is 2.36. The third-order valence-corrected chi connectivity index (χ3v) is 4.98. The van der Waals surface area contributed by atoms with E-state index >= 15 is 0 Å². The largest absolute Gasteiger partial charge is 0.455 e. The number of benzene rings is 2. The van der Waals surface area contributed by atoms with Crippen LogP contribution >= 0.6 is 0 Å². The topological polar surface area (TPSA) is 99.5 Å². The maximum absolute atomic E-state index is 12.3. The van der Waals surface area contributed by atoms with E-state index in [-0.39, 0.29) is 18.9 Å². The first-order valence-corrected chi connectivity index (χ1v) is 9.81. The summed E-state index contributed by atoms with van der Waals surface area (Å²) in [6.07, 6.45) is 1.28. The van der Waals surface area contributed by atoms with Gasteiger partial charge in [-0.05, 0) is 41.8 Å². The number of anilines is 2. The predicted octanol–water partition coefficient (Wildman–Crippen LogP) is 2.85. The second-order valence-corrected chi connectivity index (χ2v) is 7.11. The first-order chi connectivity index (χ1) is 14.5. The van der Waals surface area contributed by atoms with Gasteiger partial charge in [-0.2, -0.15) is 5.26 Å². The van der Waals surface area contributed by atoms with Crippen LogP contribution in [0, 0.1) is 17.2 Å². The zero-order valence-corrected chi connectivity index (χ0v) is 16.8. The minimum atomic E-state index is -0.596. The molecule has 1 heterocycles. The number of nitrogens with one attached hydrogen (secondary N) is 1. The second kappa shape index (κ2) is 9.70. The van der Waals surface area contributed by atoms with Crippen molar-refractivity contribution < 1.29 is 19.1 Å². The number of carbonyl (C=O) groups excluding carboxylic acids is 3. The lowest BCUT2D eigenvalue weighted by atomic mass is 10.1. The molecule has 0 bridgehead atoms. The van der Waals surface area contributed by atoms with Gasteiger partial charge in [0.25, 0.3) is 5.91 Å². The van der Waals surface area contributed by atoms with E-state index in [1.165, 1.54) is 5.56 Å². The third-order valence-electron chi connectivity index (χ3n) is 4.98. The third kappa shape index (κ3) is 5.23. The Bertz CT molecular complexity index is 961. The Morgan fingerprint density at radius 2 is 1.80 bits per heavy atom. The number of hydrogen-bond acceptors (Lipinski definition) is 5. The highest BCUT2D eigenvalue weighted by atomic mass is 16.5. The minimum Gasteiger partial charge on any atom is -0.455 e. The van der Waals surface area contributed by atoms with Crippen LogP contribution in [0.5, 0.6) is 0 Å². The number of nitriles is 1. The molecule has 7 heteroatoms. The van der Waals surface area contributed by atoms with Gasteiger partial charge >= 0.3 is 5.97 Å². The van der Waals surface area contributed by atoms with Gasteiger partial charge in [-0.15, -0.1) is 0 Å². The summed E-state index contributed by atoms with van der Waals surface area (Å²) < 4.78 is 5.12. The van der Waals surface area contributed by atoms with E-state index in [2.05, 4.69) is 18.3 Å². The molecule has 2 amide bonds. The predicted molar refractivity (Wildman–Crippen MR) is 112 cm³/mol. The van der Waals surface area contributed by atoms with Crippen molar-refractivity contribution >= 4 is 29.2 Å². The molecule has 1 N–H and O–H groups in total. The van der Waals surface area contributed by atoms with Crippen molar-refractivity contribution in [2.45, 2.75) is 26.2 Å². The molecule has 0 aromatic heterocycles. The summed E-state index contributed by atoms with van der Waals surface area (Å²) in [7, 11) is 0. The van der Waals surface area contributed by atoms with Gasteiger partial charge in [-0.3, -0.25) is 14.4 Å². The zero-order chi connectivity index (χ0) is 21.5. The van der Waals surface area contributed by atoms with Crippen molar-refractivity contribution in [1.82, 2.24) is 0 Å². The molecule has 30 heavy (non-hydrogen) atoms. The van der Waals surface area contributed by atoms with E-state index in [1.807, 2.05) is 24.3 Å². The zero-order valence-electron chi connectivity index (χ0n) is 16.8. The lowest BCUT2D eigenvalue weighted by Gasteiger charge is -2.17. The average molecular weight is 405 g/mol. The molecular weight excluding hydrogens is 382 g/mol. The van der Waals surface area contributed by atoms with Gasteiger partial charge in [0.1, 0.15) is 0 Å². The summed E-state index contributed by atoms with van der Waals surface area (Å²) in [6, 6.07) is 16.6. The Balaban J connectivity index is 1.49. The Kier molecular flexibility index (Phi) is 6.81. The fourth-order valence-electron chi connectivity index (χ4n) is 3.28. The van der Waals surface area contributed by atoms with Crippen LogP contribution in [-0.4, -0.2) is 30.9 Å². The molecule has 1 saturated heterocycles. The van der Waals surface area contributed by atoms with Crippen LogP contribution in [0.25, 0.3) is 0 Å². The van der Waals surface area contributed by atoms with Gasteiger partial charge in [0.05, 0.1) is 18.4 Å². The summed E-state index contributed by atoms with van der Waals surface area (Å²) in [6.45, 7) is 1.88. The van der Waals surface area contributed by atoms with Crippen LogP contribution in [0.2, 0.25) is 0 Å². The summed E-state index contributed by atoms with van der Waals surface area (Å²) >= 11 is 0. The number of hydrogen-bond donors (Lipinski definition) is 1. The van der Waals surface area contributed by atoms with Gasteiger partial charge in [-0.1, -0.05) is 31.2 Å². The number of nitrogens with zero attached hydrogens (tertiary/aromatic N) is 2. The number of carbonyl (C=O) groups is 3. The molecule has 3 rings (SSSR count). The van der Waals surface area contributed by atoms with Crippen molar-refractivity contribution in [3.63, 3.8) is 0 Å². The van der Waals surface area contributed by atoms with Gasteiger partial charge in [0, 0.05) is 24.3 Å². The SMILES string of the molecule is CCc1ccc(N2C[C@H](C(=O)OCC(=O)Nc3ccc(CC#N)cc3)CC2=O)cc1. The summed E-state index contributed by atoms with van der Waals surface area (Å²) in [4.78, 5) is 38.3. The van der Waals surface area contributed by atoms with Crippen molar-refractivity contribution in [3.8, 4) is 6.07 Å². The van der Waals surface area contributed by atoms with Crippen LogP contribution in [0.1, 0.15) is 24.5 Å². The normalized spacial score (nSPS) is 15.5. The van der Waals surface area contributed by atoms with E-state index in [4.69, 9.17) is 10.00 Å². The van der Waals surface area contributed by atoms with E-state index in [0.29, 0.717) is 12.1 Å². The minimum absolute atomic E-state index is 0.0658. The van der Waals surface area contributed by atoms with Gasteiger partial charge in [-0.25, -0.2) is 0 Å². The van der Waals surface area contributed by atoms with E-state index in [0.717, 1.165) is 17.7 Å². The Morgan fingerprint density at radius 3 is 2.43 bits per heavy atom. The molecule has 0 unspecified atom stereocenters. The van der Waals surface area contributed by atoms with Gasteiger partial charge in [0.15, 0.2) is 6.61 Å². The quantitative estimate of drug-likeness (QED) is 0.714. The van der Waals surface area contributed by atoms with Crippen molar-refractivity contribution in [2.75, 3.05) is 23.4 Å². The molecular formula is C23H23N3O4. The standard InChI is InChI=1S/C23H23N3O4/c1-2-16-5-9-20(10-6-16)26-14-18(13-22(26)28)23(29)30-15-21(27)25-19-7-3-17(4-8-19)11-12-24/h3-10,18H,2,11,13-15H2,1H3,(H,25,27)/t18-/m1/s1. The molecule has 1 aliphatic heterocycles. The molecule has 154 valence electrons. The fraction of sp³-hybridized carbons (Fsp3) is 0.304. The van der Waals surface area contributed by atoms with Crippen LogP contribution < -0.4 is 10.2 Å². The second-order valence-electron chi connectivity index (χ2n) is 7.11. The summed E-state index contributed by atoms with van der Waals surface area (Å²) in [5.41, 5.74) is 3.33. The summed E-state index contributed by atoms with van der Waals surface area (Å²) in [5.74, 6) is -1.76. The maximum atomic E-state index is 12.3. The molecule has 1 aliphatic rings. The Hall–Kier alpha value is -3.66. The maximum Gasteiger partial charge on any atom is 0.311 e. The van der Waals surface area contributed by atoms with Crippen molar-refractivity contribution in [2.24, 2.45) is 5.92 Å². The lowest BCUT2D eigenvalue weighted by Crippen LogP contribution is -2.28. The number of rotatable bonds is 7. The molecule has 2 aromatic carbocycles. The van der Waals surface area contributed by atoms with Crippen LogP contribution in [0.3, 0.4) is 0 Å². The van der Waals surface area contributed by atoms with E-state index in [1.54, 1.807) is 29.2 Å². The lowest BCUT2D eigenvalue weighted by molar-refractivity contribution is -0.151. The molecule has 0 radical (unpaired) electrons. The molecule has 2 aromatic rings. The molecule has 0 spiro atoms. The smallest absolute Gasteiger partial charge is 0.311 e. The first-order valence-electron chi connectivity index (χ1n) is 9.81. The number of ether oxygens (including phenoxy) is 1. The van der Waals surface area contributed by atoms with E-state index < -0.39 is 24.4 Å². The molecule has 1 fully saturated rings. The highest BCUT2D eigenvalue weighted by molar-refractivity contribution is 6.00. The molecule has 0 saturated carbocycles. The van der Waals surface area contributed by atoms with Crippen LogP contribution in [0.15, 0.2) is 48.5 Å². The van der Waals surface area contributed by atoms with Crippen LogP contribution in [-0.2, 0) is 32.0 Å². The molecule has 0 aliphatic carbocycles. The van der Waals surface area contributed by atoms with Gasteiger partial charge in [0.2, 0.25) is 5.91 Å². The Labute approximate surface area is 175 Å². The molecule has 7 nitrogen and oxygen atoms in total. The fourth-order valence-corrected chi connectivity index (χ4v) is 3.28. The Morgan fingerprint density at radius 1 is 1.13 bits per heavy atom. The van der Waals surface area contributed by atoms with Crippen molar-refractivity contribution in [1.29, 1.82) is 5.26 Å².